The number of halogens is 4. The zero-order valence-corrected chi connectivity index (χ0v) is 15.4. The van der Waals surface area contributed by atoms with Crippen molar-refractivity contribution in [2.45, 2.75) is 19.4 Å². The van der Waals surface area contributed by atoms with E-state index in [1.165, 1.54) is 11.3 Å². The molecule has 0 amide bonds. The second-order valence-electron chi connectivity index (χ2n) is 4.33. The van der Waals surface area contributed by atoms with Gasteiger partial charge in [-0.3, -0.25) is 0 Å². The molecule has 0 aliphatic carbocycles. The van der Waals surface area contributed by atoms with Crippen LogP contribution in [0.2, 0.25) is 13.7 Å². The molecule has 0 spiro atoms. The molecule has 0 radical (unpaired) electrons. The topological polar surface area (TPSA) is 12.0 Å². The molecule has 1 unspecified atom stereocenters. The largest absolute Gasteiger partial charge is 0.306 e. The first kappa shape index (κ1) is 16.6. The van der Waals surface area contributed by atoms with E-state index in [0.29, 0.717) is 13.7 Å². The minimum Gasteiger partial charge on any atom is -0.306 e. The summed E-state index contributed by atoms with van der Waals surface area (Å²) >= 11 is 23.5. The van der Waals surface area contributed by atoms with E-state index in [2.05, 4.69) is 28.2 Å². The Balaban J connectivity index is 2.46. The normalized spacial score (nSPS) is 12.7. The van der Waals surface area contributed by atoms with Crippen molar-refractivity contribution in [3.8, 4) is 0 Å². The summed E-state index contributed by atoms with van der Waals surface area (Å²) in [4.78, 5) is 0. The van der Waals surface area contributed by atoms with Gasteiger partial charge in [-0.15, -0.1) is 11.3 Å². The van der Waals surface area contributed by atoms with Crippen LogP contribution < -0.4 is 5.32 Å². The minimum atomic E-state index is -0.0284. The van der Waals surface area contributed by atoms with E-state index in [-0.39, 0.29) is 6.04 Å². The van der Waals surface area contributed by atoms with Crippen molar-refractivity contribution in [2.24, 2.45) is 0 Å². The molecule has 20 heavy (non-hydrogen) atoms. The molecule has 2 rings (SSSR count). The van der Waals surface area contributed by atoms with Crippen molar-refractivity contribution in [3.63, 3.8) is 0 Å². The van der Waals surface area contributed by atoms with Crippen LogP contribution in [0.15, 0.2) is 28.7 Å². The van der Waals surface area contributed by atoms with E-state index in [0.717, 1.165) is 28.6 Å². The van der Waals surface area contributed by atoms with Gasteiger partial charge in [0, 0.05) is 15.1 Å². The second-order valence-corrected chi connectivity index (χ2v) is 7.91. The average molecular weight is 414 g/mol. The third kappa shape index (κ3) is 3.90. The Bertz CT molecular complexity index is 600. The molecule has 0 aliphatic heterocycles. The zero-order valence-electron chi connectivity index (χ0n) is 10.7. The van der Waals surface area contributed by atoms with Crippen LogP contribution >= 0.6 is 62.1 Å². The van der Waals surface area contributed by atoms with Crippen molar-refractivity contribution in [1.82, 2.24) is 5.32 Å². The summed E-state index contributed by atoms with van der Waals surface area (Å²) < 4.78 is 2.39. The molecule has 6 heteroatoms. The van der Waals surface area contributed by atoms with Crippen molar-refractivity contribution in [3.05, 3.63) is 53.6 Å². The maximum Gasteiger partial charge on any atom is 0.0995 e. The molecule has 1 aromatic heterocycles. The highest BCUT2D eigenvalue weighted by molar-refractivity contribution is 9.10. The van der Waals surface area contributed by atoms with Crippen LogP contribution in [0.5, 0.6) is 0 Å². The average Bonchev–Trinajstić information content (AvgIpc) is 2.73. The summed E-state index contributed by atoms with van der Waals surface area (Å²) in [7, 11) is 0. The number of thiophene rings is 1. The van der Waals surface area contributed by atoms with Crippen molar-refractivity contribution in [2.75, 3.05) is 6.54 Å². The molecule has 0 saturated heterocycles. The molecule has 1 heterocycles. The molecular weight excluding hydrogens is 400 g/mol. The summed E-state index contributed by atoms with van der Waals surface area (Å²) in [5, 5.41) is 4.20. The summed E-state index contributed by atoms with van der Waals surface area (Å²) in [6.07, 6.45) is 1.03. The molecule has 0 fully saturated rings. The minimum absolute atomic E-state index is 0.0284. The molecule has 1 N–H and O–H groups in total. The molecule has 1 aromatic carbocycles. The summed E-state index contributed by atoms with van der Waals surface area (Å²) in [6, 6.07) is 7.63. The number of nitrogens with one attached hydrogen (secondary N) is 1. The fourth-order valence-corrected chi connectivity index (χ4v) is 4.15. The van der Waals surface area contributed by atoms with Gasteiger partial charge >= 0.3 is 0 Å². The van der Waals surface area contributed by atoms with Gasteiger partial charge in [0.1, 0.15) is 0 Å². The lowest BCUT2D eigenvalue weighted by Gasteiger charge is -2.20. The maximum absolute atomic E-state index is 6.31. The Kier molecular flexibility index (Phi) is 6.21. The van der Waals surface area contributed by atoms with Gasteiger partial charge in [0.05, 0.1) is 14.7 Å². The lowest BCUT2D eigenvalue weighted by atomic mass is 10.0. The van der Waals surface area contributed by atoms with E-state index in [4.69, 9.17) is 34.8 Å². The van der Waals surface area contributed by atoms with E-state index in [1.807, 2.05) is 24.3 Å². The quantitative estimate of drug-likeness (QED) is 0.585. The van der Waals surface area contributed by atoms with Crippen molar-refractivity contribution in [1.29, 1.82) is 0 Å². The van der Waals surface area contributed by atoms with Gasteiger partial charge in [-0.1, -0.05) is 57.7 Å². The molecule has 108 valence electrons. The van der Waals surface area contributed by atoms with Crippen LogP contribution in [0, 0.1) is 0 Å². The van der Waals surface area contributed by atoms with Gasteiger partial charge in [-0.25, -0.2) is 0 Å². The summed E-state index contributed by atoms with van der Waals surface area (Å²) in [5.41, 5.74) is 2.04. The van der Waals surface area contributed by atoms with E-state index in [1.54, 1.807) is 0 Å². The van der Waals surface area contributed by atoms with E-state index < -0.39 is 0 Å². The SMILES string of the molecule is CCCNC(c1cc(Cl)ccc1Br)c1cc(Cl)sc1Cl. The number of hydrogen-bond donors (Lipinski definition) is 1. The lowest BCUT2D eigenvalue weighted by molar-refractivity contribution is 0.598. The molecule has 1 nitrogen and oxygen atoms in total. The highest BCUT2D eigenvalue weighted by Gasteiger charge is 2.21. The van der Waals surface area contributed by atoms with Crippen LogP contribution in [0.3, 0.4) is 0 Å². The molecule has 0 saturated carbocycles. The van der Waals surface area contributed by atoms with Crippen LogP contribution in [0.4, 0.5) is 0 Å². The lowest BCUT2D eigenvalue weighted by Crippen LogP contribution is -2.23. The third-order valence-electron chi connectivity index (χ3n) is 2.86. The van der Waals surface area contributed by atoms with Crippen molar-refractivity contribution >= 4 is 62.1 Å². The van der Waals surface area contributed by atoms with Gasteiger partial charge in [0.25, 0.3) is 0 Å². The smallest absolute Gasteiger partial charge is 0.0995 e. The Morgan fingerprint density at radius 3 is 2.55 bits per heavy atom. The van der Waals surface area contributed by atoms with Gasteiger partial charge < -0.3 is 5.32 Å². The van der Waals surface area contributed by atoms with Gasteiger partial charge in [-0.05, 0) is 42.8 Å². The Labute approximate surface area is 146 Å². The van der Waals surface area contributed by atoms with Crippen LogP contribution in [-0.4, -0.2) is 6.54 Å². The predicted molar refractivity (Wildman–Crippen MR) is 93.6 cm³/mol. The van der Waals surface area contributed by atoms with Crippen molar-refractivity contribution < 1.29 is 0 Å². The second kappa shape index (κ2) is 7.48. The Morgan fingerprint density at radius 2 is 1.95 bits per heavy atom. The standard InChI is InChI=1S/C14H13BrCl3NS/c1-2-5-19-13(10-7-12(17)20-14(10)18)9-6-8(16)3-4-11(9)15/h3-4,6-7,13,19H,2,5H2,1H3. The van der Waals surface area contributed by atoms with Gasteiger partial charge in [0.15, 0.2) is 0 Å². The molecule has 0 bridgehead atoms. The summed E-state index contributed by atoms with van der Waals surface area (Å²) in [5.74, 6) is 0. The predicted octanol–water partition coefficient (Wildman–Crippen LogP) is 6.56. The molecule has 1 atom stereocenters. The molecule has 0 aliphatic rings. The molecular formula is C14H13BrCl3NS. The fourth-order valence-electron chi connectivity index (χ4n) is 1.96. The summed E-state index contributed by atoms with van der Waals surface area (Å²) in [6.45, 7) is 3.01. The zero-order chi connectivity index (χ0) is 14.7. The fraction of sp³-hybridized carbons (Fsp3) is 0.286. The van der Waals surface area contributed by atoms with E-state index in [9.17, 15) is 0 Å². The number of rotatable bonds is 5. The van der Waals surface area contributed by atoms with Crippen LogP contribution in [-0.2, 0) is 0 Å². The number of benzene rings is 1. The van der Waals surface area contributed by atoms with Crippen LogP contribution in [0.25, 0.3) is 0 Å². The van der Waals surface area contributed by atoms with E-state index >= 15 is 0 Å². The highest BCUT2D eigenvalue weighted by Crippen LogP contribution is 2.39. The highest BCUT2D eigenvalue weighted by atomic mass is 79.9. The monoisotopic (exact) mass is 411 g/mol. The maximum atomic E-state index is 6.31. The van der Waals surface area contributed by atoms with Gasteiger partial charge in [-0.2, -0.15) is 0 Å². The number of hydrogen-bond acceptors (Lipinski definition) is 2. The van der Waals surface area contributed by atoms with Crippen LogP contribution in [0.1, 0.15) is 30.5 Å². The first-order chi connectivity index (χ1) is 9.52. The van der Waals surface area contributed by atoms with Gasteiger partial charge in [0.2, 0.25) is 0 Å². The Morgan fingerprint density at radius 1 is 1.20 bits per heavy atom. The third-order valence-corrected chi connectivity index (χ3v) is 5.34. The molecule has 2 aromatic rings. The first-order valence-electron chi connectivity index (χ1n) is 6.16. The first-order valence-corrected chi connectivity index (χ1v) is 8.90. The Hall–Kier alpha value is 0.230.